The molecule has 1 aromatic carbocycles. The van der Waals surface area contributed by atoms with Crippen molar-refractivity contribution in [3.63, 3.8) is 0 Å². The Bertz CT molecular complexity index is 588. The van der Waals surface area contributed by atoms with Gasteiger partial charge in [0.15, 0.2) is 0 Å². The van der Waals surface area contributed by atoms with Gasteiger partial charge in [-0.3, -0.25) is 4.98 Å². The van der Waals surface area contributed by atoms with Crippen LogP contribution in [0.1, 0.15) is 28.4 Å². The van der Waals surface area contributed by atoms with Crippen LogP contribution < -0.4 is 5.32 Å². The Morgan fingerprint density at radius 3 is 2.52 bits per heavy atom. The van der Waals surface area contributed by atoms with Gasteiger partial charge in [-0.05, 0) is 12.5 Å². The molecule has 0 spiro atoms. The zero-order valence-electron chi connectivity index (χ0n) is 12.0. The topological polar surface area (TPSA) is 85.6 Å². The van der Waals surface area contributed by atoms with Crippen molar-refractivity contribution in [2.75, 3.05) is 6.61 Å². The van der Waals surface area contributed by atoms with Gasteiger partial charge in [0, 0.05) is 23.9 Å². The predicted octanol–water partition coefficient (Wildman–Crippen LogP) is 1.41. The molecule has 1 heterocycles. The van der Waals surface area contributed by atoms with E-state index >= 15 is 0 Å². The minimum absolute atomic E-state index is 0.0523. The molecule has 2 rings (SSSR count). The van der Waals surface area contributed by atoms with Crippen LogP contribution in [0.25, 0.3) is 0 Å². The van der Waals surface area contributed by atoms with Crippen molar-refractivity contribution in [2.24, 2.45) is 0 Å². The molecule has 0 aliphatic carbocycles. The molecule has 4 N–H and O–H groups in total. The van der Waals surface area contributed by atoms with E-state index in [1.54, 1.807) is 13.1 Å². The molecule has 0 saturated heterocycles. The first-order valence-electron chi connectivity index (χ1n) is 6.83. The van der Waals surface area contributed by atoms with Crippen molar-refractivity contribution in [1.82, 2.24) is 10.3 Å². The summed E-state index contributed by atoms with van der Waals surface area (Å²) in [6.45, 7) is 1.81. The molecule has 0 aliphatic rings. The monoisotopic (exact) mass is 288 g/mol. The lowest BCUT2D eigenvalue weighted by Gasteiger charge is -2.19. The van der Waals surface area contributed by atoms with Crippen molar-refractivity contribution in [3.8, 4) is 5.75 Å². The number of aliphatic hydroxyl groups is 2. The summed E-state index contributed by atoms with van der Waals surface area (Å²) >= 11 is 0. The zero-order valence-corrected chi connectivity index (χ0v) is 12.0. The molecule has 0 radical (unpaired) electrons. The first-order valence-corrected chi connectivity index (χ1v) is 6.83. The number of hydrogen-bond donors (Lipinski definition) is 4. The van der Waals surface area contributed by atoms with Gasteiger partial charge in [0.05, 0.1) is 24.9 Å². The lowest BCUT2D eigenvalue weighted by molar-refractivity contribution is 0.242. The molecular formula is C16H20N2O3. The summed E-state index contributed by atoms with van der Waals surface area (Å²) < 4.78 is 0. The third-order valence-electron chi connectivity index (χ3n) is 3.51. The minimum atomic E-state index is -0.231. The second-order valence-electron chi connectivity index (χ2n) is 4.88. The predicted molar refractivity (Wildman–Crippen MR) is 79.7 cm³/mol. The summed E-state index contributed by atoms with van der Waals surface area (Å²) in [7, 11) is 0. The number of nitrogens with zero attached hydrogens (tertiary/aromatic N) is 1. The Hall–Kier alpha value is -1.95. The van der Waals surface area contributed by atoms with Gasteiger partial charge in [-0.25, -0.2) is 0 Å². The molecule has 0 saturated carbocycles. The molecular weight excluding hydrogens is 268 g/mol. The standard InChI is InChI=1S/C16H20N2O3/c1-11-16(21)14(13(9-19)7-17-11)8-18-15(10-20)12-5-3-2-4-6-12/h2-7,15,18-21H,8-10H2,1H3/t15-/m1/s1. The molecule has 5 heteroatoms. The first-order chi connectivity index (χ1) is 10.2. The Morgan fingerprint density at radius 2 is 1.90 bits per heavy atom. The van der Waals surface area contributed by atoms with Crippen LogP contribution in [-0.2, 0) is 13.2 Å². The smallest absolute Gasteiger partial charge is 0.141 e. The lowest BCUT2D eigenvalue weighted by Crippen LogP contribution is -2.24. The number of hydrogen-bond acceptors (Lipinski definition) is 5. The number of aryl methyl sites for hydroxylation is 1. The third-order valence-corrected chi connectivity index (χ3v) is 3.51. The van der Waals surface area contributed by atoms with Crippen LogP contribution in [0.4, 0.5) is 0 Å². The van der Waals surface area contributed by atoms with Crippen molar-refractivity contribution in [1.29, 1.82) is 0 Å². The van der Waals surface area contributed by atoms with E-state index in [4.69, 9.17) is 0 Å². The van der Waals surface area contributed by atoms with Crippen LogP contribution in [0.15, 0.2) is 36.5 Å². The van der Waals surface area contributed by atoms with Crippen LogP contribution in [0.3, 0.4) is 0 Å². The number of benzene rings is 1. The van der Waals surface area contributed by atoms with Gasteiger partial charge < -0.3 is 20.6 Å². The number of pyridine rings is 1. The van der Waals surface area contributed by atoms with Crippen LogP contribution >= 0.6 is 0 Å². The van der Waals surface area contributed by atoms with Gasteiger partial charge in [-0.15, -0.1) is 0 Å². The Balaban J connectivity index is 2.17. The molecule has 2 aromatic rings. The van der Waals surface area contributed by atoms with Crippen LogP contribution in [0.2, 0.25) is 0 Å². The normalized spacial score (nSPS) is 12.3. The molecule has 1 aromatic heterocycles. The van der Waals surface area contributed by atoms with E-state index in [1.807, 2.05) is 30.3 Å². The van der Waals surface area contributed by atoms with Gasteiger partial charge in [-0.2, -0.15) is 0 Å². The summed E-state index contributed by atoms with van der Waals surface area (Å²) in [5.41, 5.74) is 2.68. The highest BCUT2D eigenvalue weighted by atomic mass is 16.3. The molecule has 0 aliphatic heterocycles. The summed E-state index contributed by atoms with van der Waals surface area (Å²) in [6, 6.07) is 9.36. The van der Waals surface area contributed by atoms with Gasteiger partial charge in [0.25, 0.3) is 0 Å². The second-order valence-corrected chi connectivity index (χ2v) is 4.88. The van der Waals surface area contributed by atoms with Crippen molar-refractivity contribution < 1.29 is 15.3 Å². The van der Waals surface area contributed by atoms with Crippen LogP contribution in [0.5, 0.6) is 5.75 Å². The number of nitrogens with one attached hydrogen (secondary N) is 1. The fourth-order valence-electron chi connectivity index (χ4n) is 2.22. The minimum Gasteiger partial charge on any atom is -0.506 e. The molecule has 0 amide bonds. The molecule has 0 fully saturated rings. The highest BCUT2D eigenvalue weighted by Gasteiger charge is 2.14. The summed E-state index contributed by atoms with van der Waals surface area (Å²) in [6.07, 6.45) is 1.56. The van der Waals surface area contributed by atoms with Crippen molar-refractivity contribution in [3.05, 3.63) is 58.9 Å². The number of aromatic hydroxyl groups is 1. The molecule has 0 unspecified atom stereocenters. The number of aliphatic hydroxyl groups excluding tert-OH is 2. The van der Waals surface area contributed by atoms with E-state index < -0.39 is 0 Å². The quantitative estimate of drug-likeness (QED) is 0.646. The SMILES string of the molecule is Cc1ncc(CO)c(CN[C@H](CO)c2ccccc2)c1O. The van der Waals surface area contributed by atoms with Gasteiger partial charge in [0.1, 0.15) is 5.75 Å². The molecule has 0 bridgehead atoms. The van der Waals surface area contributed by atoms with E-state index in [2.05, 4.69) is 10.3 Å². The summed E-state index contributed by atoms with van der Waals surface area (Å²) in [4.78, 5) is 4.03. The molecule has 21 heavy (non-hydrogen) atoms. The first kappa shape index (κ1) is 15.4. The Kier molecular flexibility index (Phi) is 5.27. The van der Waals surface area contributed by atoms with Crippen molar-refractivity contribution >= 4 is 0 Å². The van der Waals surface area contributed by atoms with Gasteiger partial charge in [-0.1, -0.05) is 30.3 Å². The zero-order chi connectivity index (χ0) is 15.2. The number of rotatable bonds is 6. The van der Waals surface area contributed by atoms with Crippen molar-refractivity contribution in [2.45, 2.75) is 26.1 Å². The maximum absolute atomic E-state index is 10.1. The maximum atomic E-state index is 10.1. The average molecular weight is 288 g/mol. The van der Waals surface area contributed by atoms with E-state index in [-0.39, 0.29) is 25.0 Å². The fourth-order valence-corrected chi connectivity index (χ4v) is 2.22. The Morgan fingerprint density at radius 1 is 1.19 bits per heavy atom. The highest BCUT2D eigenvalue weighted by molar-refractivity contribution is 5.40. The van der Waals surface area contributed by atoms with Gasteiger partial charge in [0.2, 0.25) is 0 Å². The molecule has 112 valence electrons. The largest absolute Gasteiger partial charge is 0.506 e. The average Bonchev–Trinajstić information content (AvgIpc) is 2.53. The van der Waals surface area contributed by atoms with Gasteiger partial charge >= 0.3 is 0 Å². The van der Waals surface area contributed by atoms with E-state index in [9.17, 15) is 15.3 Å². The summed E-state index contributed by atoms with van der Waals surface area (Å²) in [5.74, 6) is 0.0822. The second kappa shape index (κ2) is 7.17. The third kappa shape index (κ3) is 3.58. The number of aromatic nitrogens is 1. The van der Waals surface area contributed by atoms with Crippen LogP contribution in [-0.4, -0.2) is 26.9 Å². The molecule has 1 atom stereocenters. The summed E-state index contributed by atoms with van der Waals surface area (Å²) in [5, 5.41) is 32.2. The highest BCUT2D eigenvalue weighted by Crippen LogP contribution is 2.24. The van der Waals surface area contributed by atoms with E-state index in [0.29, 0.717) is 23.4 Å². The van der Waals surface area contributed by atoms with E-state index in [0.717, 1.165) is 5.56 Å². The molecule has 5 nitrogen and oxygen atoms in total. The fraction of sp³-hybridized carbons (Fsp3) is 0.312. The van der Waals surface area contributed by atoms with Crippen LogP contribution in [0, 0.1) is 6.92 Å². The lowest BCUT2D eigenvalue weighted by atomic mass is 10.1. The van der Waals surface area contributed by atoms with E-state index in [1.165, 1.54) is 0 Å². The maximum Gasteiger partial charge on any atom is 0.141 e. The Labute approximate surface area is 123 Å².